The fourth-order valence-corrected chi connectivity index (χ4v) is 1.91. The van der Waals surface area contributed by atoms with Gasteiger partial charge in [0.15, 0.2) is 0 Å². The summed E-state index contributed by atoms with van der Waals surface area (Å²) in [6, 6.07) is 0. The molecular weight excluding hydrogens is 173 g/mol. The molecule has 0 bridgehead atoms. The van der Waals surface area contributed by atoms with Gasteiger partial charge in [-0.2, -0.15) is 0 Å². The van der Waals surface area contributed by atoms with Gasteiger partial charge in [-0.15, -0.1) is 0 Å². The molecule has 0 atom stereocenters. The molecule has 0 unspecified atom stereocenters. The van der Waals surface area contributed by atoms with Gasteiger partial charge in [-0.1, -0.05) is 0 Å². The van der Waals surface area contributed by atoms with Crippen molar-refractivity contribution in [2.24, 2.45) is 0 Å². The summed E-state index contributed by atoms with van der Waals surface area (Å²) in [6.07, 6.45) is 0. The molecule has 0 aliphatic carbocycles. The molecule has 2 aliphatic rings. The third-order valence-corrected chi connectivity index (χ3v) is 3.07. The Morgan fingerprint density at radius 2 is 1.62 bits per heavy atom. The van der Waals surface area contributed by atoms with E-state index in [1.165, 1.54) is 0 Å². The van der Waals surface area contributed by atoms with Crippen molar-refractivity contribution in [3.05, 3.63) is 28.9 Å². The predicted molar refractivity (Wildman–Crippen MR) is 27.9 cm³/mol. The third-order valence-electron chi connectivity index (χ3n) is 1.01. The Kier molecular flexibility index (Phi) is 0.558. The van der Waals surface area contributed by atoms with Gasteiger partial charge in [0.1, 0.15) is 0 Å². The zero-order chi connectivity index (χ0) is 5.72. The van der Waals surface area contributed by atoms with Crippen LogP contribution in [0.5, 0.6) is 0 Å². The Labute approximate surface area is 49.0 Å². The molecule has 2 rings (SSSR count). The fourth-order valence-electron chi connectivity index (χ4n) is 0.592. The number of aromatic nitrogens is 1. The number of hydrogen-bond donors (Lipinski definition) is 1. The Morgan fingerprint density at radius 1 is 1.12 bits per heavy atom. The van der Waals surface area contributed by atoms with Gasteiger partial charge < -0.3 is 0 Å². The minimum atomic E-state index is -0.162. The molecule has 2 heterocycles. The van der Waals surface area contributed by atoms with Crippen LogP contribution in [0.15, 0.2) is 9.59 Å². The standard InChI is InChI=1S/C4HNO2Se/c6-3-1-2(8-1)4(7)5-3/h(H,5,6,7). The first-order valence-corrected chi connectivity index (χ1v) is 3.78. The number of aromatic amines is 1. The van der Waals surface area contributed by atoms with Crippen molar-refractivity contribution in [2.75, 3.05) is 0 Å². The quantitative estimate of drug-likeness (QED) is 0.488. The zero-order valence-corrected chi connectivity index (χ0v) is 5.44. The summed E-state index contributed by atoms with van der Waals surface area (Å²) in [4.78, 5) is 23.1. The molecular formula is C4HNO2Se. The zero-order valence-electron chi connectivity index (χ0n) is 3.72. The second-order valence-corrected chi connectivity index (χ2v) is 3.68. The minimum absolute atomic E-state index is 0.152. The summed E-state index contributed by atoms with van der Waals surface area (Å²) in [5, 5.41) is 0. The van der Waals surface area contributed by atoms with Crippen molar-refractivity contribution >= 4 is 14.5 Å². The van der Waals surface area contributed by atoms with Gasteiger partial charge in [-0.25, -0.2) is 0 Å². The van der Waals surface area contributed by atoms with Crippen molar-refractivity contribution in [3.63, 3.8) is 0 Å². The predicted octanol–water partition coefficient (Wildman–Crippen LogP) is -1.61. The van der Waals surface area contributed by atoms with Crippen LogP contribution in [0.3, 0.4) is 0 Å². The van der Waals surface area contributed by atoms with E-state index in [1.807, 2.05) is 0 Å². The number of H-pyrrole nitrogens is 1. The Bertz CT molecular complexity index is 389. The topological polar surface area (TPSA) is 49.9 Å². The van der Waals surface area contributed by atoms with E-state index in [4.69, 9.17) is 0 Å². The number of nitrogens with one attached hydrogen (secondary N) is 1. The average Bonchev–Trinajstić information content (AvgIpc) is 2.35. The summed E-state index contributed by atoms with van der Waals surface area (Å²) in [6.45, 7) is 0. The molecule has 0 amide bonds. The van der Waals surface area contributed by atoms with Crippen LogP contribution in [0.25, 0.3) is 0 Å². The van der Waals surface area contributed by atoms with Crippen LogP contribution in [0.2, 0.25) is 0 Å². The Morgan fingerprint density at radius 3 is 1.75 bits per heavy atom. The third kappa shape index (κ3) is 0.345. The van der Waals surface area contributed by atoms with Gasteiger partial charge in [0.05, 0.1) is 0 Å². The van der Waals surface area contributed by atoms with Crippen molar-refractivity contribution < 1.29 is 0 Å². The van der Waals surface area contributed by atoms with E-state index in [-0.39, 0.29) is 25.6 Å². The molecule has 0 fully saturated rings. The molecule has 0 spiro atoms. The van der Waals surface area contributed by atoms with E-state index in [0.717, 1.165) is 8.19 Å². The van der Waals surface area contributed by atoms with Gasteiger partial charge >= 0.3 is 48.4 Å². The van der Waals surface area contributed by atoms with Crippen molar-refractivity contribution in [1.82, 2.24) is 4.98 Å². The second kappa shape index (κ2) is 1.04. The maximum atomic E-state index is 10.5. The summed E-state index contributed by atoms with van der Waals surface area (Å²) in [5.41, 5.74) is -0.324. The van der Waals surface area contributed by atoms with Crippen LogP contribution >= 0.6 is 0 Å². The maximum absolute atomic E-state index is 10.5. The van der Waals surface area contributed by atoms with Gasteiger partial charge in [-0.3, -0.25) is 0 Å². The molecule has 0 aromatic rings. The van der Waals surface area contributed by atoms with Gasteiger partial charge in [0.25, 0.3) is 0 Å². The summed E-state index contributed by atoms with van der Waals surface area (Å²) >= 11 is 0.152. The SMILES string of the molecule is O=c1[nH]c(=O)c2[se]c1=2. The van der Waals surface area contributed by atoms with Gasteiger partial charge in [-0.05, 0) is 0 Å². The second-order valence-electron chi connectivity index (χ2n) is 1.54. The normalized spacial score (nSPS) is 11.5. The molecule has 0 aromatic carbocycles. The molecule has 0 saturated heterocycles. The Balaban J connectivity index is 3.39. The fraction of sp³-hybridized carbons (Fsp3) is 0. The van der Waals surface area contributed by atoms with E-state index >= 15 is 0 Å². The monoisotopic (exact) mass is 175 g/mol. The van der Waals surface area contributed by atoms with Crippen LogP contribution in [-0.2, 0) is 0 Å². The molecule has 0 saturated carbocycles. The average molecular weight is 174 g/mol. The van der Waals surface area contributed by atoms with Crippen LogP contribution in [0.4, 0.5) is 0 Å². The van der Waals surface area contributed by atoms with Gasteiger partial charge in [0, 0.05) is 0 Å². The summed E-state index contributed by atoms with van der Waals surface area (Å²) < 4.78 is 1.50. The van der Waals surface area contributed by atoms with Crippen LogP contribution < -0.4 is 11.1 Å². The van der Waals surface area contributed by atoms with Gasteiger partial charge in [0.2, 0.25) is 0 Å². The molecule has 2 aliphatic heterocycles. The van der Waals surface area contributed by atoms with Crippen LogP contribution in [0.1, 0.15) is 0 Å². The first-order valence-electron chi connectivity index (χ1n) is 2.07. The molecule has 3 nitrogen and oxygen atoms in total. The molecule has 40 valence electrons. The van der Waals surface area contributed by atoms with Crippen LogP contribution in [-0.4, -0.2) is 19.5 Å². The summed E-state index contributed by atoms with van der Waals surface area (Å²) in [7, 11) is 0. The first-order chi connectivity index (χ1) is 3.79. The van der Waals surface area contributed by atoms with E-state index in [1.54, 1.807) is 0 Å². The van der Waals surface area contributed by atoms with Crippen LogP contribution in [0, 0.1) is 8.19 Å². The van der Waals surface area contributed by atoms with Crippen molar-refractivity contribution in [3.8, 4) is 0 Å². The van der Waals surface area contributed by atoms with E-state index in [2.05, 4.69) is 4.98 Å². The molecule has 4 heteroatoms. The first kappa shape index (κ1) is 4.30. The van der Waals surface area contributed by atoms with Crippen molar-refractivity contribution in [2.45, 2.75) is 0 Å². The molecule has 1 N–H and O–H groups in total. The number of rotatable bonds is 0. The molecule has 0 radical (unpaired) electrons. The van der Waals surface area contributed by atoms with Crippen molar-refractivity contribution in [1.29, 1.82) is 0 Å². The molecule has 0 aromatic heterocycles. The van der Waals surface area contributed by atoms with E-state index in [9.17, 15) is 9.59 Å². The Hall–Kier alpha value is -0.601. The summed E-state index contributed by atoms with van der Waals surface area (Å²) in [5.74, 6) is 0. The van der Waals surface area contributed by atoms with E-state index in [0.29, 0.717) is 0 Å². The van der Waals surface area contributed by atoms with E-state index < -0.39 is 0 Å². The number of hydrogen-bond acceptors (Lipinski definition) is 2. The molecule has 8 heavy (non-hydrogen) atoms.